The SMILES string of the molecule is CCC(O)(C(=O)O)c1cc(F)cc(Sc2ccc3ccccc3c2)c1. The number of carboxylic acid groups (broad SMARTS) is 1. The Morgan fingerprint density at radius 1 is 1.04 bits per heavy atom. The lowest BCUT2D eigenvalue weighted by Gasteiger charge is -2.22. The molecule has 25 heavy (non-hydrogen) atoms. The summed E-state index contributed by atoms with van der Waals surface area (Å²) in [6.07, 6.45) is -0.0497. The molecule has 0 saturated carbocycles. The van der Waals surface area contributed by atoms with Crippen LogP contribution in [0.25, 0.3) is 10.8 Å². The van der Waals surface area contributed by atoms with Gasteiger partial charge in [0, 0.05) is 9.79 Å². The van der Waals surface area contributed by atoms with Gasteiger partial charge >= 0.3 is 5.97 Å². The zero-order chi connectivity index (χ0) is 18.0. The lowest BCUT2D eigenvalue weighted by molar-refractivity contribution is -0.160. The summed E-state index contributed by atoms with van der Waals surface area (Å²) in [5, 5.41) is 21.8. The number of rotatable bonds is 5. The number of benzene rings is 3. The monoisotopic (exact) mass is 356 g/mol. The number of aliphatic carboxylic acids is 1. The fourth-order valence-electron chi connectivity index (χ4n) is 2.71. The highest BCUT2D eigenvalue weighted by Crippen LogP contribution is 2.34. The van der Waals surface area contributed by atoms with Gasteiger partial charge in [0.2, 0.25) is 0 Å². The topological polar surface area (TPSA) is 57.5 Å². The molecule has 1 atom stereocenters. The van der Waals surface area contributed by atoms with E-state index in [0.29, 0.717) is 4.90 Å². The van der Waals surface area contributed by atoms with Crippen molar-refractivity contribution in [1.29, 1.82) is 0 Å². The lowest BCUT2D eigenvalue weighted by atomic mass is 9.91. The number of carboxylic acids is 1. The number of aliphatic hydroxyl groups is 1. The normalized spacial score (nSPS) is 13.6. The number of hydrogen-bond acceptors (Lipinski definition) is 3. The minimum absolute atomic E-state index is 0.0470. The number of halogens is 1. The van der Waals surface area contributed by atoms with Crippen LogP contribution in [0.5, 0.6) is 0 Å². The summed E-state index contributed by atoms with van der Waals surface area (Å²) in [6, 6.07) is 17.8. The fourth-order valence-corrected chi connectivity index (χ4v) is 3.66. The zero-order valence-electron chi connectivity index (χ0n) is 13.6. The summed E-state index contributed by atoms with van der Waals surface area (Å²) in [5.41, 5.74) is -2.05. The molecule has 3 aromatic carbocycles. The highest BCUT2D eigenvalue weighted by atomic mass is 32.2. The molecule has 3 aromatic rings. The smallest absolute Gasteiger partial charge is 0.340 e. The largest absolute Gasteiger partial charge is 0.479 e. The number of carbonyl (C=O) groups is 1. The van der Waals surface area contributed by atoms with E-state index >= 15 is 0 Å². The second kappa shape index (κ2) is 6.86. The van der Waals surface area contributed by atoms with Gasteiger partial charge in [-0.2, -0.15) is 0 Å². The van der Waals surface area contributed by atoms with Gasteiger partial charge in [0.1, 0.15) is 5.82 Å². The Balaban J connectivity index is 1.98. The highest BCUT2D eigenvalue weighted by molar-refractivity contribution is 7.99. The Morgan fingerprint density at radius 3 is 2.44 bits per heavy atom. The van der Waals surface area contributed by atoms with Crippen LogP contribution in [0.3, 0.4) is 0 Å². The van der Waals surface area contributed by atoms with E-state index in [-0.39, 0.29) is 12.0 Å². The van der Waals surface area contributed by atoms with Gasteiger partial charge in [-0.15, -0.1) is 0 Å². The molecule has 5 heteroatoms. The van der Waals surface area contributed by atoms with E-state index in [1.165, 1.54) is 23.9 Å². The molecule has 0 spiro atoms. The molecule has 0 heterocycles. The molecule has 0 radical (unpaired) electrons. The lowest BCUT2D eigenvalue weighted by Crippen LogP contribution is -2.34. The summed E-state index contributed by atoms with van der Waals surface area (Å²) in [6.45, 7) is 1.55. The van der Waals surface area contributed by atoms with Crippen LogP contribution >= 0.6 is 11.8 Å². The van der Waals surface area contributed by atoms with E-state index in [1.807, 2.05) is 42.5 Å². The van der Waals surface area contributed by atoms with Crippen molar-refractivity contribution in [2.24, 2.45) is 0 Å². The summed E-state index contributed by atoms with van der Waals surface area (Å²) >= 11 is 1.33. The minimum Gasteiger partial charge on any atom is -0.479 e. The molecule has 1 unspecified atom stereocenters. The van der Waals surface area contributed by atoms with E-state index in [2.05, 4.69) is 0 Å². The summed E-state index contributed by atoms with van der Waals surface area (Å²) in [5.74, 6) is -1.96. The van der Waals surface area contributed by atoms with Gasteiger partial charge in [0.15, 0.2) is 5.60 Å². The first-order valence-corrected chi connectivity index (χ1v) is 8.67. The van der Waals surface area contributed by atoms with Crippen molar-refractivity contribution in [1.82, 2.24) is 0 Å². The first-order chi connectivity index (χ1) is 11.9. The molecule has 3 rings (SSSR count). The molecule has 2 N–H and O–H groups in total. The van der Waals surface area contributed by atoms with E-state index in [1.54, 1.807) is 6.92 Å². The van der Waals surface area contributed by atoms with Crippen LogP contribution in [-0.4, -0.2) is 16.2 Å². The van der Waals surface area contributed by atoms with Crippen LogP contribution < -0.4 is 0 Å². The first-order valence-electron chi connectivity index (χ1n) is 7.86. The van der Waals surface area contributed by atoms with Crippen molar-refractivity contribution in [3.63, 3.8) is 0 Å². The van der Waals surface area contributed by atoms with E-state index in [9.17, 15) is 19.4 Å². The highest BCUT2D eigenvalue weighted by Gasteiger charge is 2.36. The van der Waals surface area contributed by atoms with Crippen LogP contribution in [0.1, 0.15) is 18.9 Å². The molecule has 3 nitrogen and oxygen atoms in total. The molecular formula is C20H17FO3S. The number of hydrogen-bond donors (Lipinski definition) is 2. The Kier molecular flexibility index (Phi) is 4.79. The predicted molar refractivity (Wildman–Crippen MR) is 96.3 cm³/mol. The van der Waals surface area contributed by atoms with Crippen LogP contribution in [-0.2, 0) is 10.4 Å². The van der Waals surface area contributed by atoms with E-state index < -0.39 is 17.4 Å². The molecule has 0 fully saturated rings. The maximum atomic E-state index is 14.0. The van der Waals surface area contributed by atoms with Gasteiger partial charge in [-0.05, 0) is 53.1 Å². The quantitative estimate of drug-likeness (QED) is 0.689. The Labute approximate surface area is 149 Å². The second-order valence-electron chi connectivity index (χ2n) is 5.81. The summed E-state index contributed by atoms with van der Waals surface area (Å²) in [4.78, 5) is 12.8. The summed E-state index contributed by atoms with van der Waals surface area (Å²) < 4.78 is 14.0. The van der Waals surface area contributed by atoms with Crippen LogP contribution in [0.4, 0.5) is 4.39 Å². The van der Waals surface area contributed by atoms with Gasteiger partial charge in [-0.1, -0.05) is 49.0 Å². The molecule has 128 valence electrons. The van der Waals surface area contributed by atoms with Gasteiger partial charge < -0.3 is 10.2 Å². The average molecular weight is 356 g/mol. The molecule has 0 aliphatic carbocycles. The molecule has 0 amide bonds. The van der Waals surface area contributed by atoms with Crippen LogP contribution in [0, 0.1) is 5.82 Å². The Hall–Kier alpha value is -2.37. The third-order valence-electron chi connectivity index (χ3n) is 4.17. The van der Waals surface area contributed by atoms with Crippen LogP contribution in [0.15, 0.2) is 70.5 Å². The Bertz CT molecular complexity index is 941. The predicted octanol–water partition coefficient (Wildman–Crippen LogP) is 4.81. The van der Waals surface area contributed by atoms with Crippen molar-refractivity contribution < 1.29 is 19.4 Å². The standard InChI is InChI=1S/C20H17FO3S/c1-2-20(24,19(22)23)15-10-16(21)12-18(11-15)25-17-8-7-13-5-3-4-6-14(13)9-17/h3-12,24H,2H2,1H3,(H,22,23). The second-order valence-corrected chi connectivity index (χ2v) is 6.95. The molecule has 0 aliphatic rings. The minimum atomic E-state index is -2.10. The van der Waals surface area contributed by atoms with E-state index in [0.717, 1.165) is 21.7 Å². The molecule has 0 saturated heterocycles. The van der Waals surface area contributed by atoms with Crippen molar-refractivity contribution in [2.45, 2.75) is 28.7 Å². The maximum Gasteiger partial charge on any atom is 0.340 e. The Morgan fingerprint density at radius 2 is 1.76 bits per heavy atom. The van der Waals surface area contributed by atoms with Crippen molar-refractivity contribution in [3.05, 3.63) is 72.0 Å². The third-order valence-corrected chi connectivity index (χ3v) is 5.13. The van der Waals surface area contributed by atoms with Gasteiger partial charge in [0.25, 0.3) is 0 Å². The maximum absolute atomic E-state index is 14.0. The first kappa shape index (κ1) is 17.5. The molecule has 0 aliphatic heterocycles. The van der Waals surface area contributed by atoms with Gasteiger partial charge in [-0.25, -0.2) is 9.18 Å². The molecule has 0 bridgehead atoms. The summed E-state index contributed by atoms with van der Waals surface area (Å²) in [7, 11) is 0. The van der Waals surface area contributed by atoms with Gasteiger partial charge in [-0.3, -0.25) is 0 Å². The average Bonchev–Trinajstić information content (AvgIpc) is 2.60. The number of fused-ring (bicyclic) bond motifs is 1. The van der Waals surface area contributed by atoms with Crippen molar-refractivity contribution >= 4 is 28.5 Å². The van der Waals surface area contributed by atoms with Crippen molar-refractivity contribution in [2.75, 3.05) is 0 Å². The van der Waals surface area contributed by atoms with E-state index in [4.69, 9.17) is 0 Å². The van der Waals surface area contributed by atoms with Crippen LogP contribution in [0.2, 0.25) is 0 Å². The zero-order valence-corrected chi connectivity index (χ0v) is 14.4. The fraction of sp³-hybridized carbons (Fsp3) is 0.150. The van der Waals surface area contributed by atoms with Gasteiger partial charge in [0.05, 0.1) is 0 Å². The third kappa shape index (κ3) is 3.52. The molecular weight excluding hydrogens is 339 g/mol. The molecule has 0 aromatic heterocycles. The van der Waals surface area contributed by atoms with Crippen molar-refractivity contribution in [3.8, 4) is 0 Å².